The zero-order valence-electron chi connectivity index (χ0n) is 12.7. The second-order valence-corrected chi connectivity index (χ2v) is 4.26. The molecule has 0 unspecified atom stereocenters. The van der Waals surface area contributed by atoms with Crippen LogP contribution in [0.25, 0.3) is 11.3 Å². The Balaban J connectivity index is 0.00000116. The first kappa shape index (κ1) is 17.8. The minimum atomic E-state index is -0.709. The fraction of sp³-hybridized carbons (Fsp3) is 0.267. The number of furan rings is 1. The smallest absolute Gasteiger partial charge is 0.376 e. The molecule has 1 heterocycles. The van der Waals surface area contributed by atoms with E-state index in [4.69, 9.17) is 26.5 Å². The summed E-state index contributed by atoms with van der Waals surface area (Å²) in [5, 5.41) is 0.105. The lowest BCUT2D eigenvalue weighted by atomic mass is 10.1. The molecule has 1 aromatic carbocycles. The summed E-state index contributed by atoms with van der Waals surface area (Å²) in [5.74, 6) is -1.24. The Morgan fingerprint density at radius 3 is 2.45 bits per heavy atom. The maximum Gasteiger partial charge on any atom is 0.376 e. The summed E-state index contributed by atoms with van der Waals surface area (Å²) in [6, 6.07) is 3.86. The Morgan fingerprint density at radius 2 is 1.91 bits per heavy atom. The van der Waals surface area contributed by atoms with Gasteiger partial charge in [-0.2, -0.15) is 0 Å². The molecule has 0 aliphatic rings. The van der Waals surface area contributed by atoms with E-state index in [1.807, 2.05) is 13.8 Å². The minimum absolute atomic E-state index is 0.000936. The molecule has 2 N–H and O–H groups in total. The highest BCUT2D eigenvalue weighted by molar-refractivity contribution is 6.33. The number of anilines is 1. The average molecular weight is 330 g/mol. The third-order valence-corrected chi connectivity index (χ3v) is 2.95. The van der Waals surface area contributed by atoms with Crippen LogP contribution in [0.3, 0.4) is 0 Å². The van der Waals surface area contributed by atoms with Crippen molar-refractivity contribution in [3.63, 3.8) is 0 Å². The van der Waals surface area contributed by atoms with Crippen LogP contribution in [-0.4, -0.2) is 20.2 Å². The van der Waals surface area contributed by atoms with Crippen molar-refractivity contribution in [3.8, 4) is 17.1 Å². The lowest BCUT2D eigenvalue weighted by molar-refractivity contribution is 0.0567. The van der Waals surface area contributed by atoms with E-state index in [0.29, 0.717) is 5.56 Å². The number of methoxy groups -OCH3 is 2. The zero-order valence-corrected chi connectivity index (χ0v) is 13.5. The summed E-state index contributed by atoms with van der Waals surface area (Å²) in [6.45, 7) is 4.00. The average Bonchev–Trinajstić information content (AvgIpc) is 2.90. The Labute approximate surface area is 132 Å². The van der Waals surface area contributed by atoms with Crippen molar-refractivity contribution in [2.24, 2.45) is 0 Å². The molecule has 1 aromatic heterocycles. The number of benzene rings is 1. The number of esters is 1. The number of carbonyl (C=O) groups is 1. The normalized spacial score (nSPS) is 9.73. The summed E-state index contributed by atoms with van der Waals surface area (Å²) < 4.78 is 28.2. The summed E-state index contributed by atoms with van der Waals surface area (Å²) in [5.41, 5.74) is 6.12. The molecule has 2 rings (SSSR count). The molecule has 0 fully saturated rings. The SMILES string of the molecule is CC.COC(=O)c1oc(-c2cc(OC)c(F)cc2Cl)cc1N. The van der Waals surface area contributed by atoms with E-state index in [2.05, 4.69) is 4.74 Å². The molecule has 0 saturated carbocycles. The molecule has 0 aliphatic carbocycles. The van der Waals surface area contributed by atoms with Gasteiger partial charge in [-0.05, 0) is 12.1 Å². The van der Waals surface area contributed by atoms with Crippen molar-refractivity contribution in [2.75, 3.05) is 20.0 Å². The fourth-order valence-electron chi connectivity index (χ4n) is 1.66. The van der Waals surface area contributed by atoms with Crippen LogP contribution in [0.1, 0.15) is 24.4 Å². The fourth-order valence-corrected chi connectivity index (χ4v) is 1.91. The van der Waals surface area contributed by atoms with Crippen molar-refractivity contribution >= 4 is 23.3 Å². The quantitative estimate of drug-likeness (QED) is 0.856. The van der Waals surface area contributed by atoms with E-state index in [1.54, 1.807) is 0 Å². The van der Waals surface area contributed by atoms with Crippen LogP contribution in [0.2, 0.25) is 5.02 Å². The Kier molecular flexibility index (Phi) is 6.24. The highest BCUT2D eigenvalue weighted by Crippen LogP contribution is 2.36. The van der Waals surface area contributed by atoms with Crippen molar-refractivity contribution < 1.29 is 23.1 Å². The molecule has 0 aliphatic heterocycles. The first-order valence-corrected chi connectivity index (χ1v) is 6.86. The molecule has 0 atom stereocenters. The van der Waals surface area contributed by atoms with Crippen molar-refractivity contribution in [1.82, 2.24) is 0 Å². The molecule has 22 heavy (non-hydrogen) atoms. The molecular formula is C15H17ClFNO4. The van der Waals surface area contributed by atoms with Gasteiger partial charge in [0.2, 0.25) is 5.76 Å². The van der Waals surface area contributed by atoms with Gasteiger partial charge in [-0.3, -0.25) is 0 Å². The van der Waals surface area contributed by atoms with Gasteiger partial charge < -0.3 is 19.6 Å². The van der Waals surface area contributed by atoms with Gasteiger partial charge in [0.05, 0.1) is 24.9 Å². The number of carbonyl (C=O) groups excluding carboxylic acids is 1. The van der Waals surface area contributed by atoms with Gasteiger partial charge in [0.25, 0.3) is 0 Å². The standard InChI is InChI=1S/C13H11ClFNO4.C2H6/c1-18-11-3-6(7(14)4-8(11)15)10-5-9(16)12(20-10)13(17)19-2;1-2/h3-5H,16H2,1-2H3;1-2H3. The number of rotatable bonds is 3. The van der Waals surface area contributed by atoms with E-state index in [9.17, 15) is 9.18 Å². The van der Waals surface area contributed by atoms with Crippen molar-refractivity contribution in [3.05, 3.63) is 34.8 Å². The molecule has 0 bridgehead atoms. The number of hydrogen-bond donors (Lipinski definition) is 1. The van der Waals surface area contributed by atoms with Gasteiger partial charge in [0.15, 0.2) is 11.6 Å². The maximum atomic E-state index is 13.5. The summed E-state index contributed by atoms with van der Waals surface area (Å²) in [4.78, 5) is 11.4. The third kappa shape index (κ3) is 3.51. The van der Waals surface area contributed by atoms with Crippen molar-refractivity contribution in [1.29, 1.82) is 0 Å². The highest BCUT2D eigenvalue weighted by Gasteiger charge is 2.20. The summed E-state index contributed by atoms with van der Waals surface area (Å²) in [6.07, 6.45) is 0. The largest absolute Gasteiger partial charge is 0.494 e. The Morgan fingerprint density at radius 1 is 1.27 bits per heavy atom. The van der Waals surface area contributed by atoms with E-state index < -0.39 is 11.8 Å². The predicted octanol–water partition coefficient (Wildman–Crippen LogP) is 4.14. The maximum absolute atomic E-state index is 13.5. The second-order valence-electron chi connectivity index (χ2n) is 3.85. The topological polar surface area (TPSA) is 74.7 Å². The van der Waals surface area contributed by atoms with Gasteiger partial charge in [0, 0.05) is 11.6 Å². The Hall–Kier alpha value is -2.21. The number of hydrogen-bond acceptors (Lipinski definition) is 5. The molecule has 5 nitrogen and oxygen atoms in total. The van der Waals surface area contributed by atoms with Gasteiger partial charge in [-0.1, -0.05) is 25.4 Å². The molecule has 120 valence electrons. The van der Waals surface area contributed by atoms with Crippen LogP contribution in [-0.2, 0) is 4.74 Å². The number of nitrogen functional groups attached to an aromatic ring is 1. The van der Waals surface area contributed by atoms with E-state index >= 15 is 0 Å². The summed E-state index contributed by atoms with van der Waals surface area (Å²) >= 11 is 5.96. The van der Waals surface area contributed by atoms with Crippen LogP contribution in [0, 0.1) is 5.82 Å². The molecule has 0 amide bonds. The minimum Gasteiger partial charge on any atom is -0.494 e. The lowest BCUT2D eigenvalue weighted by Crippen LogP contribution is -2.02. The number of ether oxygens (including phenoxy) is 2. The molecule has 0 spiro atoms. The molecule has 7 heteroatoms. The molecule has 2 aromatic rings. The van der Waals surface area contributed by atoms with E-state index in [1.165, 1.54) is 26.4 Å². The van der Waals surface area contributed by atoms with Gasteiger partial charge >= 0.3 is 5.97 Å². The van der Waals surface area contributed by atoms with Crippen LogP contribution in [0.15, 0.2) is 22.6 Å². The zero-order chi connectivity index (χ0) is 16.9. The van der Waals surface area contributed by atoms with Gasteiger partial charge in [-0.15, -0.1) is 0 Å². The van der Waals surface area contributed by atoms with Crippen LogP contribution in [0.4, 0.5) is 10.1 Å². The Bertz CT molecular complexity index is 670. The first-order chi connectivity index (χ1) is 10.5. The second kappa shape index (κ2) is 7.70. The lowest BCUT2D eigenvalue weighted by Gasteiger charge is -2.06. The number of nitrogens with two attached hydrogens (primary N) is 1. The number of halogens is 2. The third-order valence-electron chi connectivity index (χ3n) is 2.64. The highest BCUT2D eigenvalue weighted by atomic mass is 35.5. The van der Waals surface area contributed by atoms with Gasteiger partial charge in [0.1, 0.15) is 5.76 Å². The molecular weight excluding hydrogens is 313 g/mol. The first-order valence-electron chi connectivity index (χ1n) is 6.49. The van der Waals surface area contributed by atoms with Crippen molar-refractivity contribution in [2.45, 2.75) is 13.8 Å². The van der Waals surface area contributed by atoms with Gasteiger partial charge in [-0.25, -0.2) is 9.18 Å². The molecule has 0 saturated heterocycles. The summed E-state index contributed by atoms with van der Waals surface area (Å²) in [7, 11) is 2.53. The molecule has 0 radical (unpaired) electrons. The van der Waals surface area contributed by atoms with E-state index in [0.717, 1.165) is 6.07 Å². The monoisotopic (exact) mass is 329 g/mol. The van der Waals surface area contributed by atoms with Crippen LogP contribution >= 0.6 is 11.6 Å². The van der Waals surface area contributed by atoms with Crippen LogP contribution in [0.5, 0.6) is 5.75 Å². The van der Waals surface area contributed by atoms with Crippen LogP contribution < -0.4 is 10.5 Å². The van der Waals surface area contributed by atoms with E-state index in [-0.39, 0.29) is 28.0 Å². The predicted molar refractivity (Wildman–Crippen MR) is 82.8 cm³/mol.